The number of rotatable bonds is 2. The molecule has 0 spiro atoms. The summed E-state index contributed by atoms with van der Waals surface area (Å²) in [6.07, 6.45) is 0. The summed E-state index contributed by atoms with van der Waals surface area (Å²) >= 11 is 5.54. The highest BCUT2D eigenvalue weighted by Gasteiger charge is 2.12. The Morgan fingerprint density at radius 3 is 2.22 bits per heavy atom. The van der Waals surface area contributed by atoms with Crippen molar-refractivity contribution in [3.8, 4) is 0 Å². The van der Waals surface area contributed by atoms with Gasteiger partial charge in [-0.3, -0.25) is 4.79 Å². The van der Waals surface area contributed by atoms with Crippen molar-refractivity contribution in [1.82, 2.24) is 0 Å². The van der Waals surface area contributed by atoms with Gasteiger partial charge in [0.25, 0.3) is 0 Å². The van der Waals surface area contributed by atoms with E-state index >= 15 is 0 Å². The van der Waals surface area contributed by atoms with Gasteiger partial charge < -0.3 is 0 Å². The highest BCUT2D eigenvalue weighted by Crippen LogP contribution is 2.19. The van der Waals surface area contributed by atoms with Crippen molar-refractivity contribution >= 4 is 17.4 Å². The van der Waals surface area contributed by atoms with Crippen LogP contribution in [0.2, 0.25) is 5.02 Å². The lowest BCUT2D eigenvalue weighted by Gasteiger charge is -2.04. The maximum absolute atomic E-state index is 13.3. The second kappa shape index (κ2) is 4.86. The predicted octanol–water partition coefficient (Wildman–Crippen LogP) is 4.16. The van der Waals surface area contributed by atoms with Crippen LogP contribution < -0.4 is 0 Å². The third-order valence-corrected chi connectivity index (χ3v) is 2.91. The molecule has 0 atom stereocenters. The Labute approximate surface area is 108 Å². The molecular weight excluding hydrogens is 258 g/mol. The van der Waals surface area contributed by atoms with Crippen LogP contribution in [0.15, 0.2) is 36.4 Å². The molecule has 2 aromatic carbocycles. The quantitative estimate of drug-likeness (QED) is 0.746. The van der Waals surface area contributed by atoms with Gasteiger partial charge in [0.1, 0.15) is 11.6 Å². The first-order valence-electron chi connectivity index (χ1n) is 5.25. The number of hydrogen-bond acceptors (Lipinski definition) is 1. The second-order valence-corrected chi connectivity index (χ2v) is 4.33. The van der Waals surface area contributed by atoms with Crippen molar-refractivity contribution in [1.29, 1.82) is 0 Å². The molecule has 0 fully saturated rings. The van der Waals surface area contributed by atoms with Gasteiger partial charge in [-0.25, -0.2) is 8.78 Å². The molecule has 18 heavy (non-hydrogen) atoms. The normalized spacial score (nSPS) is 10.4. The molecule has 0 unspecified atom stereocenters. The molecule has 0 radical (unpaired) electrons. The number of benzene rings is 2. The van der Waals surface area contributed by atoms with E-state index in [1.807, 2.05) is 0 Å². The van der Waals surface area contributed by atoms with E-state index in [9.17, 15) is 13.6 Å². The third kappa shape index (κ3) is 2.41. The Hall–Kier alpha value is -1.74. The van der Waals surface area contributed by atoms with Crippen LogP contribution in [0.25, 0.3) is 0 Å². The summed E-state index contributed by atoms with van der Waals surface area (Å²) in [6.45, 7) is 1.56. The Bertz CT molecular complexity index is 570. The molecule has 0 saturated heterocycles. The highest BCUT2D eigenvalue weighted by atomic mass is 35.5. The summed E-state index contributed by atoms with van der Waals surface area (Å²) in [6, 6.07) is 7.85. The van der Waals surface area contributed by atoms with E-state index in [4.69, 9.17) is 11.6 Å². The van der Waals surface area contributed by atoms with Crippen LogP contribution in [0, 0.1) is 18.6 Å². The molecule has 2 rings (SSSR count). The first kappa shape index (κ1) is 12.7. The van der Waals surface area contributed by atoms with E-state index in [-0.39, 0.29) is 22.2 Å². The molecule has 0 aliphatic rings. The lowest BCUT2D eigenvalue weighted by atomic mass is 10.0. The fourth-order valence-electron chi connectivity index (χ4n) is 1.59. The summed E-state index contributed by atoms with van der Waals surface area (Å²) in [5.41, 5.74) is 0.869. The average Bonchev–Trinajstić information content (AvgIpc) is 2.35. The van der Waals surface area contributed by atoms with Crippen LogP contribution >= 0.6 is 11.6 Å². The summed E-state index contributed by atoms with van der Waals surface area (Å²) in [7, 11) is 0. The topological polar surface area (TPSA) is 17.1 Å². The average molecular weight is 267 g/mol. The zero-order valence-corrected chi connectivity index (χ0v) is 10.3. The van der Waals surface area contributed by atoms with Crippen LogP contribution in [0.1, 0.15) is 21.5 Å². The largest absolute Gasteiger partial charge is 0.289 e. The van der Waals surface area contributed by atoms with E-state index < -0.39 is 5.82 Å². The first-order valence-corrected chi connectivity index (χ1v) is 5.63. The number of halogens is 3. The van der Waals surface area contributed by atoms with Crippen molar-refractivity contribution in [3.05, 3.63) is 69.7 Å². The zero-order chi connectivity index (χ0) is 13.3. The Balaban J connectivity index is 2.41. The molecule has 0 aliphatic heterocycles. The summed E-state index contributed by atoms with van der Waals surface area (Å²) < 4.78 is 26.3. The summed E-state index contributed by atoms with van der Waals surface area (Å²) in [5, 5.41) is -0.0400. The molecule has 0 aliphatic carbocycles. The minimum absolute atomic E-state index is 0.0400. The van der Waals surface area contributed by atoms with E-state index in [1.54, 1.807) is 6.92 Å². The predicted molar refractivity (Wildman–Crippen MR) is 66.0 cm³/mol. The van der Waals surface area contributed by atoms with Crippen LogP contribution in [-0.4, -0.2) is 5.78 Å². The van der Waals surface area contributed by atoms with Gasteiger partial charge in [0.05, 0.1) is 5.02 Å². The van der Waals surface area contributed by atoms with Gasteiger partial charge in [0.15, 0.2) is 5.78 Å². The SMILES string of the molecule is Cc1cc(C(=O)c2ccc(Cl)c(F)c2)ccc1F. The lowest BCUT2D eigenvalue weighted by Crippen LogP contribution is -2.03. The standard InChI is InChI=1S/C14H9ClF2O/c1-8-6-9(3-5-12(8)16)14(18)10-2-4-11(15)13(17)7-10/h2-7H,1H3. The fourth-order valence-corrected chi connectivity index (χ4v) is 1.71. The molecule has 92 valence electrons. The van der Waals surface area contributed by atoms with Gasteiger partial charge in [0.2, 0.25) is 0 Å². The number of carbonyl (C=O) groups excluding carboxylic acids is 1. The van der Waals surface area contributed by atoms with E-state index in [0.717, 1.165) is 6.07 Å². The molecule has 0 saturated carbocycles. The van der Waals surface area contributed by atoms with Crippen LogP contribution in [0.4, 0.5) is 8.78 Å². The Morgan fingerprint density at radius 1 is 1.00 bits per heavy atom. The first-order chi connectivity index (χ1) is 8.49. The molecule has 4 heteroatoms. The summed E-state index contributed by atoms with van der Waals surface area (Å²) in [5.74, 6) is -1.40. The molecule has 2 aromatic rings. The molecule has 1 nitrogen and oxygen atoms in total. The van der Waals surface area contributed by atoms with Gasteiger partial charge >= 0.3 is 0 Å². The molecule has 0 amide bonds. The lowest BCUT2D eigenvalue weighted by molar-refractivity contribution is 0.103. The smallest absolute Gasteiger partial charge is 0.193 e. The molecule has 0 bridgehead atoms. The van der Waals surface area contributed by atoms with E-state index in [2.05, 4.69) is 0 Å². The van der Waals surface area contributed by atoms with Gasteiger partial charge in [-0.1, -0.05) is 11.6 Å². The van der Waals surface area contributed by atoms with Crippen molar-refractivity contribution in [3.63, 3.8) is 0 Å². The fraction of sp³-hybridized carbons (Fsp3) is 0.0714. The van der Waals surface area contributed by atoms with Gasteiger partial charge in [0, 0.05) is 11.1 Å². The highest BCUT2D eigenvalue weighted by molar-refractivity contribution is 6.30. The minimum Gasteiger partial charge on any atom is -0.289 e. The monoisotopic (exact) mass is 266 g/mol. The maximum Gasteiger partial charge on any atom is 0.193 e. The number of aryl methyl sites for hydroxylation is 1. The number of ketones is 1. The van der Waals surface area contributed by atoms with Crippen molar-refractivity contribution in [2.45, 2.75) is 6.92 Å². The van der Waals surface area contributed by atoms with E-state index in [0.29, 0.717) is 11.1 Å². The van der Waals surface area contributed by atoms with Crippen LogP contribution in [0.5, 0.6) is 0 Å². The van der Waals surface area contributed by atoms with Gasteiger partial charge in [-0.05, 0) is 48.9 Å². The van der Waals surface area contributed by atoms with Crippen LogP contribution in [-0.2, 0) is 0 Å². The van der Waals surface area contributed by atoms with Crippen molar-refractivity contribution in [2.75, 3.05) is 0 Å². The van der Waals surface area contributed by atoms with Crippen LogP contribution in [0.3, 0.4) is 0 Å². The molecule has 0 heterocycles. The molecule has 0 aromatic heterocycles. The number of hydrogen-bond donors (Lipinski definition) is 0. The third-order valence-electron chi connectivity index (χ3n) is 2.60. The van der Waals surface area contributed by atoms with E-state index in [1.165, 1.54) is 30.3 Å². The minimum atomic E-state index is -0.652. The molecule has 0 N–H and O–H groups in total. The second-order valence-electron chi connectivity index (χ2n) is 3.92. The zero-order valence-electron chi connectivity index (χ0n) is 9.51. The van der Waals surface area contributed by atoms with Crippen molar-refractivity contribution in [2.24, 2.45) is 0 Å². The number of carbonyl (C=O) groups is 1. The summed E-state index contributed by atoms with van der Waals surface area (Å²) in [4.78, 5) is 12.0. The Kier molecular flexibility index (Phi) is 3.43. The van der Waals surface area contributed by atoms with Crippen molar-refractivity contribution < 1.29 is 13.6 Å². The van der Waals surface area contributed by atoms with Gasteiger partial charge in [-0.2, -0.15) is 0 Å². The van der Waals surface area contributed by atoms with Gasteiger partial charge in [-0.15, -0.1) is 0 Å². The Morgan fingerprint density at radius 2 is 1.61 bits per heavy atom. The molecular formula is C14H9ClF2O. The maximum atomic E-state index is 13.3.